The van der Waals surface area contributed by atoms with Crippen LogP contribution in [0.4, 0.5) is 13.2 Å². The minimum atomic E-state index is -4.36. The van der Waals surface area contributed by atoms with Crippen molar-refractivity contribution in [2.45, 2.75) is 45.3 Å². The summed E-state index contributed by atoms with van der Waals surface area (Å²) in [5.41, 5.74) is 2.61. The van der Waals surface area contributed by atoms with Crippen LogP contribution in [-0.2, 0) is 11.2 Å². The molecule has 0 radical (unpaired) electrons. The van der Waals surface area contributed by atoms with E-state index >= 15 is 0 Å². The number of halogens is 3. The van der Waals surface area contributed by atoms with Crippen molar-refractivity contribution in [3.63, 3.8) is 0 Å². The first kappa shape index (κ1) is 16.8. The van der Waals surface area contributed by atoms with Crippen molar-refractivity contribution >= 4 is 5.91 Å². The molecule has 122 valence electrons. The second-order valence-electron chi connectivity index (χ2n) is 6.39. The zero-order valence-corrected chi connectivity index (χ0v) is 12.8. The summed E-state index contributed by atoms with van der Waals surface area (Å²) in [6.45, 7) is 3.38. The number of carbonyl (C=O) groups excluding carboxylic acids is 1. The van der Waals surface area contributed by atoms with Crippen molar-refractivity contribution in [3.05, 3.63) is 35.9 Å². The predicted octanol–water partition coefficient (Wildman–Crippen LogP) is 3.31. The largest absolute Gasteiger partial charge is 0.405 e. The summed E-state index contributed by atoms with van der Waals surface area (Å²) in [6.07, 6.45) is -3.38. The molecule has 0 bridgehead atoms. The number of nitrogens with one attached hydrogen (secondary N) is 1. The van der Waals surface area contributed by atoms with Gasteiger partial charge in [0.2, 0.25) is 5.91 Å². The van der Waals surface area contributed by atoms with Gasteiger partial charge in [-0.25, -0.2) is 5.01 Å². The van der Waals surface area contributed by atoms with Gasteiger partial charge in [-0.2, -0.15) is 13.2 Å². The maximum absolute atomic E-state index is 13.3. The van der Waals surface area contributed by atoms with Crippen LogP contribution in [-0.4, -0.2) is 29.7 Å². The third-order valence-electron chi connectivity index (χ3n) is 3.97. The van der Waals surface area contributed by atoms with Crippen molar-refractivity contribution in [1.82, 2.24) is 10.4 Å². The molecule has 2 rings (SSSR count). The molecular formula is C16H21F3N2O. The van der Waals surface area contributed by atoms with Gasteiger partial charge in [0.15, 0.2) is 0 Å². The van der Waals surface area contributed by atoms with E-state index in [1.807, 2.05) is 30.3 Å². The zero-order chi connectivity index (χ0) is 16.4. The van der Waals surface area contributed by atoms with E-state index in [0.717, 1.165) is 10.6 Å². The lowest BCUT2D eigenvalue weighted by molar-refractivity contribution is -0.190. The van der Waals surface area contributed by atoms with Gasteiger partial charge in [0.1, 0.15) is 6.04 Å². The Morgan fingerprint density at radius 1 is 1.27 bits per heavy atom. The van der Waals surface area contributed by atoms with Crippen LogP contribution in [0.15, 0.2) is 30.3 Å². The van der Waals surface area contributed by atoms with Crippen LogP contribution in [0.1, 0.15) is 32.3 Å². The number of nitrogens with zero attached hydrogens (tertiary/aromatic N) is 1. The van der Waals surface area contributed by atoms with Crippen LogP contribution < -0.4 is 5.43 Å². The number of benzene rings is 1. The monoisotopic (exact) mass is 314 g/mol. The van der Waals surface area contributed by atoms with Gasteiger partial charge in [0.25, 0.3) is 0 Å². The van der Waals surface area contributed by atoms with Crippen LogP contribution in [0.2, 0.25) is 0 Å². The first-order chi connectivity index (χ1) is 10.2. The van der Waals surface area contributed by atoms with Gasteiger partial charge in [-0.1, -0.05) is 30.3 Å². The quantitative estimate of drug-likeness (QED) is 0.904. The molecule has 0 aromatic heterocycles. The van der Waals surface area contributed by atoms with Gasteiger partial charge >= 0.3 is 6.18 Å². The Morgan fingerprint density at radius 2 is 1.91 bits per heavy atom. The molecule has 22 heavy (non-hydrogen) atoms. The normalized spacial score (nSPS) is 20.0. The zero-order valence-electron chi connectivity index (χ0n) is 12.8. The van der Waals surface area contributed by atoms with Crippen LogP contribution in [0, 0.1) is 5.41 Å². The SMILES string of the molecule is CC1(C)CN(C(CCCc2ccccc2)C(F)(F)F)NC1=O. The second kappa shape index (κ2) is 6.28. The van der Waals surface area contributed by atoms with Gasteiger partial charge < -0.3 is 0 Å². The van der Waals surface area contributed by atoms with Crippen LogP contribution in [0.25, 0.3) is 0 Å². The van der Waals surface area contributed by atoms with Gasteiger partial charge in [-0.15, -0.1) is 0 Å². The molecule has 1 amide bonds. The highest BCUT2D eigenvalue weighted by molar-refractivity contribution is 5.83. The highest BCUT2D eigenvalue weighted by atomic mass is 19.4. The number of amides is 1. The van der Waals surface area contributed by atoms with Crippen molar-refractivity contribution in [3.8, 4) is 0 Å². The Labute approximate surface area is 128 Å². The number of alkyl halides is 3. The molecule has 6 heteroatoms. The Balaban J connectivity index is 1.98. The Bertz CT molecular complexity index is 514. The minimum absolute atomic E-state index is 0.0330. The summed E-state index contributed by atoms with van der Waals surface area (Å²) < 4.78 is 39.9. The molecule has 1 unspecified atom stereocenters. The van der Waals surface area contributed by atoms with Crippen molar-refractivity contribution in [1.29, 1.82) is 0 Å². The predicted molar refractivity (Wildman–Crippen MR) is 77.9 cm³/mol. The second-order valence-corrected chi connectivity index (χ2v) is 6.39. The molecule has 1 heterocycles. The lowest BCUT2D eigenvalue weighted by Crippen LogP contribution is -2.50. The topological polar surface area (TPSA) is 32.3 Å². The molecule has 1 aromatic carbocycles. The molecule has 1 aliphatic heterocycles. The van der Waals surface area contributed by atoms with E-state index in [1.165, 1.54) is 0 Å². The molecule has 0 spiro atoms. The fourth-order valence-electron chi connectivity index (χ4n) is 2.65. The molecule has 0 saturated carbocycles. The number of hydrazine groups is 1. The smallest absolute Gasteiger partial charge is 0.288 e. The van der Waals surface area contributed by atoms with Crippen molar-refractivity contribution < 1.29 is 18.0 Å². The first-order valence-electron chi connectivity index (χ1n) is 7.38. The molecular weight excluding hydrogens is 293 g/mol. The van der Waals surface area contributed by atoms with Crippen LogP contribution in [0.5, 0.6) is 0 Å². The minimum Gasteiger partial charge on any atom is -0.288 e. The van der Waals surface area contributed by atoms with Gasteiger partial charge in [0, 0.05) is 6.54 Å². The average molecular weight is 314 g/mol. The molecule has 3 nitrogen and oxygen atoms in total. The molecule has 1 aliphatic rings. The molecule has 1 saturated heterocycles. The lowest BCUT2D eigenvalue weighted by atomic mass is 9.94. The van der Waals surface area contributed by atoms with Gasteiger partial charge in [-0.3, -0.25) is 10.2 Å². The Morgan fingerprint density at radius 3 is 2.41 bits per heavy atom. The third-order valence-corrected chi connectivity index (χ3v) is 3.97. The summed E-state index contributed by atoms with van der Waals surface area (Å²) in [5, 5.41) is 1.05. The molecule has 1 fully saturated rings. The third kappa shape index (κ3) is 4.00. The molecule has 1 aromatic rings. The Kier molecular flexibility index (Phi) is 4.80. The molecule has 1 N–H and O–H groups in total. The number of hydrogen-bond acceptors (Lipinski definition) is 2. The summed E-state index contributed by atoms with van der Waals surface area (Å²) in [5.74, 6) is -0.357. The van der Waals surface area contributed by atoms with E-state index in [4.69, 9.17) is 0 Å². The standard InChI is InChI=1S/C16H21F3N2O/c1-15(2)11-21(20-14(15)22)13(16(17,18)19)10-6-9-12-7-4-3-5-8-12/h3-5,7-8,13H,6,9-11H2,1-2H3,(H,20,22). The highest BCUT2D eigenvalue weighted by Gasteiger charge is 2.49. The number of rotatable bonds is 5. The summed E-state index contributed by atoms with van der Waals surface area (Å²) in [6, 6.07) is 7.80. The maximum atomic E-state index is 13.3. The molecule has 0 aliphatic carbocycles. The van der Waals surface area contributed by atoms with Gasteiger partial charge in [0.05, 0.1) is 5.41 Å². The van der Waals surface area contributed by atoms with E-state index in [1.54, 1.807) is 13.8 Å². The van der Waals surface area contributed by atoms with Crippen molar-refractivity contribution in [2.75, 3.05) is 6.54 Å². The molecule has 1 atom stereocenters. The Hall–Kier alpha value is -1.56. The summed E-state index contributed by atoms with van der Waals surface area (Å²) in [7, 11) is 0. The van der Waals surface area contributed by atoms with Crippen LogP contribution >= 0.6 is 0 Å². The lowest BCUT2D eigenvalue weighted by Gasteiger charge is -2.29. The van der Waals surface area contributed by atoms with E-state index in [2.05, 4.69) is 5.43 Å². The fourth-order valence-corrected chi connectivity index (χ4v) is 2.65. The summed E-state index contributed by atoms with van der Waals surface area (Å²) >= 11 is 0. The van der Waals surface area contributed by atoms with E-state index in [-0.39, 0.29) is 18.9 Å². The van der Waals surface area contributed by atoms with Gasteiger partial charge in [-0.05, 0) is 38.7 Å². The number of aryl methyl sites for hydroxylation is 1. The first-order valence-corrected chi connectivity index (χ1v) is 7.38. The number of carbonyl (C=O) groups is 1. The van der Waals surface area contributed by atoms with Crippen molar-refractivity contribution in [2.24, 2.45) is 5.41 Å². The highest BCUT2D eigenvalue weighted by Crippen LogP contribution is 2.33. The fraction of sp³-hybridized carbons (Fsp3) is 0.562. The average Bonchev–Trinajstić information content (AvgIpc) is 2.68. The number of hydrogen-bond donors (Lipinski definition) is 1. The van der Waals surface area contributed by atoms with E-state index < -0.39 is 17.6 Å². The summed E-state index contributed by atoms with van der Waals surface area (Å²) in [4.78, 5) is 11.7. The van der Waals surface area contributed by atoms with Crippen LogP contribution in [0.3, 0.4) is 0 Å². The van der Waals surface area contributed by atoms with E-state index in [9.17, 15) is 18.0 Å². The van der Waals surface area contributed by atoms with E-state index in [0.29, 0.717) is 12.8 Å². The maximum Gasteiger partial charge on any atom is 0.405 e.